The first-order valence-corrected chi connectivity index (χ1v) is 7.49. The first kappa shape index (κ1) is 11.6. The number of aromatic nitrogens is 1. The van der Waals surface area contributed by atoms with Gasteiger partial charge in [-0.15, -0.1) is 11.3 Å². The highest BCUT2D eigenvalue weighted by atomic mass is 32.1. The maximum Gasteiger partial charge on any atom is 0.0712 e. The zero-order valence-electron chi connectivity index (χ0n) is 11.1. The Hall–Kier alpha value is -2.19. The number of benzene rings is 2. The van der Waals surface area contributed by atoms with E-state index in [1.807, 2.05) is 17.4 Å². The lowest BCUT2D eigenvalue weighted by Gasteiger charge is -2.03. The van der Waals surface area contributed by atoms with Crippen molar-refractivity contribution < 1.29 is 0 Å². The molecule has 1 nitrogen and oxygen atoms in total. The molecule has 0 spiro atoms. The fourth-order valence-corrected chi connectivity index (χ4v) is 3.76. The Labute approximate surface area is 121 Å². The predicted octanol–water partition coefficient (Wildman–Crippen LogP) is 5.42. The number of pyridine rings is 1. The van der Waals surface area contributed by atoms with Gasteiger partial charge in [0, 0.05) is 21.0 Å². The van der Waals surface area contributed by atoms with E-state index in [1.54, 1.807) is 0 Å². The van der Waals surface area contributed by atoms with Crippen molar-refractivity contribution in [2.75, 3.05) is 0 Å². The molecule has 0 bridgehead atoms. The van der Waals surface area contributed by atoms with Crippen molar-refractivity contribution in [1.82, 2.24) is 4.98 Å². The van der Waals surface area contributed by atoms with Gasteiger partial charge in [-0.1, -0.05) is 48.5 Å². The minimum absolute atomic E-state index is 1.05. The summed E-state index contributed by atoms with van der Waals surface area (Å²) in [6, 6.07) is 21.2. The standard InChI is InChI=1S/C18H13NS/c1-12-18-15(14-9-5-6-10-17(14)20-18)11-16(19-12)13-7-3-2-4-8-13/h2-11H,1H3. The summed E-state index contributed by atoms with van der Waals surface area (Å²) in [5.74, 6) is 0. The summed E-state index contributed by atoms with van der Waals surface area (Å²) < 4.78 is 2.63. The zero-order valence-corrected chi connectivity index (χ0v) is 11.9. The zero-order chi connectivity index (χ0) is 13.5. The number of thiophene rings is 1. The van der Waals surface area contributed by atoms with E-state index in [0.29, 0.717) is 0 Å². The molecule has 2 aromatic carbocycles. The van der Waals surface area contributed by atoms with Gasteiger partial charge in [-0.2, -0.15) is 0 Å². The van der Waals surface area contributed by atoms with E-state index < -0.39 is 0 Å². The summed E-state index contributed by atoms with van der Waals surface area (Å²) in [5.41, 5.74) is 3.34. The van der Waals surface area contributed by atoms with E-state index in [-0.39, 0.29) is 0 Å². The third kappa shape index (κ3) is 1.73. The summed E-state index contributed by atoms with van der Waals surface area (Å²) in [6.45, 7) is 2.10. The molecular formula is C18H13NS. The first-order valence-electron chi connectivity index (χ1n) is 6.67. The molecule has 0 atom stereocenters. The van der Waals surface area contributed by atoms with Gasteiger partial charge >= 0.3 is 0 Å². The van der Waals surface area contributed by atoms with Gasteiger partial charge in [0.15, 0.2) is 0 Å². The van der Waals surface area contributed by atoms with Crippen LogP contribution in [0.1, 0.15) is 5.69 Å². The van der Waals surface area contributed by atoms with Crippen molar-refractivity contribution >= 4 is 31.5 Å². The quantitative estimate of drug-likeness (QED) is 0.451. The molecule has 0 fully saturated rings. The SMILES string of the molecule is Cc1nc(-c2ccccc2)cc2c1sc1ccccc12. The summed E-state index contributed by atoms with van der Waals surface area (Å²) in [4.78, 5) is 4.78. The fourth-order valence-electron chi connectivity index (χ4n) is 2.63. The van der Waals surface area contributed by atoms with Crippen LogP contribution in [0.25, 0.3) is 31.4 Å². The lowest BCUT2D eigenvalue weighted by Crippen LogP contribution is -1.87. The van der Waals surface area contributed by atoms with Gasteiger partial charge in [0.05, 0.1) is 16.1 Å². The van der Waals surface area contributed by atoms with Crippen LogP contribution in [-0.2, 0) is 0 Å². The molecule has 0 saturated heterocycles. The Morgan fingerprint density at radius 3 is 2.45 bits per heavy atom. The number of aryl methyl sites for hydroxylation is 1. The molecule has 2 heteroatoms. The summed E-state index contributed by atoms with van der Waals surface area (Å²) in [5, 5.41) is 2.65. The molecule has 2 aromatic heterocycles. The lowest BCUT2D eigenvalue weighted by molar-refractivity contribution is 1.25. The minimum Gasteiger partial charge on any atom is -0.252 e. The second kappa shape index (κ2) is 4.43. The molecule has 4 rings (SSSR count). The summed E-state index contributed by atoms with van der Waals surface area (Å²) >= 11 is 1.83. The maximum absolute atomic E-state index is 4.78. The average Bonchev–Trinajstić information content (AvgIpc) is 2.88. The van der Waals surface area contributed by atoms with Crippen molar-refractivity contribution in [2.24, 2.45) is 0 Å². The van der Waals surface area contributed by atoms with Gasteiger partial charge in [0.2, 0.25) is 0 Å². The van der Waals surface area contributed by atoms with Crippen LogP contribution in [0.5, 0.6) is 0 Å². The smallest absolute Gasteiger partial charge is 0.0712 e. The number of fused-ring (bicyclic) bond motifs is 3. The van der Waals surface area contributed by atoms with Crippen LogP contribution in [0.3, 0.4) is 0 Å². The van der Waals surface area contributed by atoms with Crippen LogP contribution in [0, 0.1) is 6.92 Å². The Balaban J connectivity index is 2.08. The number of nitrogens with zero attached hydrogens (tertiary/aromatic N) is 1. The Kier molecular flexibility index (Phi) is 2.57. The van der Waals surface area contributed by atoms with E-state index in [4.69, 9.17) is 4.98 Å². The molecule has 2 heterocycles. The van der Waals surface area contributed by atoms with Gasteiger partial charge in [0.25, 0.3) is 0 Å². The topological polar surface area (TPSA) is 12.9 Å². The van der Waals surface area contributed by atoms with Crippen LogP contribution in [0.15, 0.2) is 60.7 Å². The van der Waals surface area contributed by atoms with E-state index in [2.05, 4.69) is 61.5 Å². The summed E-state index contributed by atoms with van der Waals surface area (Å²) in [7, 11) is 0. The lowest BCUT2D eigenvalue weighted by atomic mass is 10.1. The van der Waals surface area contributed by atoms with Crippen LogP contribution >= 0.6 is 11.3 Å². The van der Waals surface area contributed by atoms with Crippen molar-refractivity contribution in [2.45, 2.75) is 6.92 Å². The predicted molar refractivity (Wildman–Crippen MR) is 87.3 cm³/mol. The van der Waals surface area contributed by atoms with E-state index in [9.17, 15) is 0 Å². The normalized spacial score (nSPS) is 11.2. The van der Waals surface area contributed by atoms with Gasteiger partial charge in [-0.25, -0.2) is 0 Å². The van der Waals surface area contributed by atoms with Crippen molar-refractivity contribution in [1.29, 1.82) is 0 Å². The maximum atomic E-state index is 4.78. The number of rotatable bonds is 1. The summed E-state index contributed by atoms with van der Waals surface area (Å²) in [6.07, 6.45) is 0. The molecule has 0 amide bonds. The second-order valence-electron chi connectivity index (χ2n) is 4.93. The molecular weight excluding hydrogens is 262 g/mol. The van der Waals surface area contributed by atoms with Crippen molar-refractivity contribution in [3.05, 3.63) is 66.4 Å². The highest BCUT2D eigenvalue weighted by Gasteiger charge is 2.10. The van der Waals surface area contributed by atoms with Crippen LogP contribution < -0.4 is 0 Å². The Morgan fingerprint density at radius 1 is 0.850 bits per heavy atom. The van der Waals surface area contributed by atoms with Crippen LogP contribution in [0.4, 0.5) is 0 Å². The molecule has 4 aromatic rings. The monoisotopic (exact) mass is 275 g/mol. The third-order valence-corrected chi connectivity index (χ3v) is 4.90. The largest absolute Gasteiger partial charge is 0.252 e. The molecule has 20 heavy (non-hydrogen) atoms. The third-order valence-electron chi connectivity index (χ3n) is 3.60. The van der Waals surface area contributed by atoms with E-state index >= 15 is 0 Å². The average molecular weight is 275 g/mol. The molecule has 0 unspecified atom stereocenters. The van der Waals surface area contributed by atoms with Gasteiger partial charge in [0.1, 0.15) is 0 Å². The van der Waals surface area contributed by atoms with Gasteiger partial charge in [-0.05, 0) is 19.1 Å². The molecule has 96 valence electrons. The van der Waals surface area contributed by atoms with Gasteiger partial charge < -0.3 is 0 Å². The highest BCUT2D eigenvalue weighted by molar-refractivity contribution is 7.26. The molecule has 0 saturated carbocycles. The molecule has 0 aliphatic heterocycles. The van der Waals surface area contributed by atoms with E-state index in [0.717, 1.165) is 11.4 Å². The highest BCUT2D eigenvalue weighted by Crippen LogP contribution is 2.36. The first-order chi connectivity index (χ1) is 9.83. The number of hydrogen-bond acceptors (Lipinski definition) is 2. The van der Waals surface area contributed by atoms with Crippen LogP contribution in [0.2, 0.25) is 0 Å². The second-order valence-corrected chi connectivity index (χ2v) is 5.99. The fraction of sp³-hybridized carbons (Fsp3) is 0.0556. The van der Waals surface area contributed by atoms with Crippen LogP contribution in [-0.4, -0.2) is 4.98 Å². The van der Waals surface area contributed by atoms with Crippen molar-refractivity contribution in [3.8, 4) is 11.3 Å². The van der Waals surface area contributed by atoms with Gasteiger partial charge in [-0.3, -0.25) is 4.98 Å². The molecule has 0 aliphatic rings. The minimum atomic E-state index is 1.05. The molecule has 0 N–H and O–H groups in total. The molecule has 0 aliphatic carbocycles. The number of hydrogen-bond donors (Lipinski definition) is 0. The van der Waals surface area contributed by atoms with E-state index in [1.165, 1.54) is 25.7 Å². The molecule has 0 radical (unpaired) electrons. The van der Waals surface area contributed by atoms with Crippen molar-refractivity contribution in [3.63, 3.8) is 0 Å². The Morgan fingerprint density at radius 2 is 1.60 bits per heavy atom. The Bertz CT molecular complexity index is 907.